The van der Waals surface area contributed by atoms with E-state index in [9.17, 15) is 4.79 Å². The van der Waals surface area contributed by atoms with Crippen molar-refractivity contribution in [3.63, 3.8) is 0 Å². The van der Waals surface area contributed by atoms with Crippen molar-refractivity contribution in [2.45, 2.75) is 13.3 Å². The fraction of sp³-hybridized carbons (Fsp3) is 0.150. The molecule has 0 aliphatic carbocycles. The summed E-state index contributed by atoms with van der Waals surface area (Å²) in [5, 5.41) is 4.14. The van der Waals surface area contributed by atoms with Gasteiger partial charge in [-0.25, -0.2) is 10.4 Å². The van der Waals surface area contributed by atoms with Crippen LogP contribution in [0.4, 0.5) is 5.95 Å². The first-order valence-corrected chi connectivity index (χ1v) is 8.31. The number of hydrogen-bond donors (Lipinski definition) is 2. The number of ether oxygens (including phenoxy) is 1. The summed E-state index contributed by atoms with van der Waals surface area (Å²) in [6.45, 7) is 2.11. The molecular formula is C20H20N4O2. The monoisotopic (exact) mass is 348 g/mol. The standard InChI is InChI=1S/C20H20N4O2/c1-3-14-4-6-15(7-5-14)13-21-24-20-22-18(12-19(25)23-20)16-8-10-17(26-2)11-9-16/h4-13H,3H2,1-2H3,(H2,22,23,24,25)/b21-13-. The van der Waals surface area contributed by atoms with Crippen LogP contribution < -0.4 is 15.7 Å². The SMILES string of the molecule is CCc1ccc(/C=N\Nc2nc(-c3ccc(OC)cc3)cc(=O)[nH]2)cc1. The number of nitrogens with zero attached hydrogens (tertiary/aromatic N) is 2. The maximum Gasteiger partial charge on any atom is 0.252 e. The molecule has 26 heavy (non-hydrogen) atoms. The fourth-order valence-corrected chi connectivity index (χ4v) is 2.43. The first-order valence-electron chi connectivity index (χ1n) is 8.31. The van der Waals surface area contributed by atoms with Gasteiger partial charge in [0.15, 0.2) is 0 Å². The van der Waals surface area contributed by atoms with Crippen LogP contribution in [-0.2, 0) is 6.42 Å². The van der Waals surface area contributed by atoms with E-state index in [-0.39, 0.29) is 11.5 Å². The highest BCUT2D eigenvalue weighted by Gasteiger charge is 2.04. The number of anilines is 1. The zero-order valence-electron chi connectivity index (χ0n) is 14.7. The van der Waals surface area contributed by atoms with Gasteiger partial charge in [-0.15, -0.1) is 0 Å². The molecule has 3 rings (SSSR count). The minimum Gasteiger partial charge on any atom is -0.497 e. The number of aromatic nitrogens is 2. The summed E-state index contributed by atoms with van der Waals surface area (Å²) in [4.78, 5) is 18.9. The second kappa shape index (κ2) is 8.11. The van der Waals surface area contributed by atoms with Gasteiger partial charge in [0.25, 0.3) is 5.56 Å². The van der Waals surface area contributed by atoms with Gasteiger partial charge in [0.2, 0.25) is 5.95 Å². The van der Waals surface area contributed by atoms with Crippen molar-refractivity contribution in [3.8, 4) is 17.0 Å². The van der Waals surface area contributed by atoms with E-state index in [1.807, 2.05) is 36.4 Å². The van der Waals surface area contributed by atoms with Crippen LogP contribution in [0.1, 0.15) is 18.1 Å². The Morgan fingerprint density at radius 3 is 2.54 bits per heavy atom. The van der Waals surface area contributed by atoms with Gasteiger partial charge in [0.1, 0.15) is 5.75 Å². The molecule has 1 aromatic heterocycles. The van der Waals surface area contributed by atoms with E-state index < -0.39 is 0 Å². The van der Waals surface area contributed by atoms with E-state index >= 15 is 0 Å². The molecule has 0 saturated heterocycles. The summed E-state index contributed by atoms with van der Waals surface area (Å²) in [5.74, 6) is 1.03. The highest BCUT2D eigenvalue weighted by atomic mass is 16.5. The molecular weight excluding hydrogens is 328 g/mol. The Bertz CT molecular complexity index is 945. The first-order chi connectivity index (χ1) is 12.7. The van der Waals surface area contributed by atoms with Crippen molar-refractivity contribution in [1.29, 1.82) is 0 Å². The molecule has 6 heteroatoms. The second-order valence-corrected chi connectivity index (χ2v) is 5.67. The summed E-state index contributed by atoms with van der Waals surface area (Å²) in [5.41, 5.74) is 6.13. The lowest BCUT2D eigenvalue weighted by Gasteiger charge is -2.05. The van der Waals surface area contributed by atoms with E-state index in [0.29, 0.717) is 5.69 Å². The summed E-state index contributed by atoms with van der Waals surface area (Å²) in [6.07, 6.45) is 2.68. The average Bonchev–Trinajstić information content (AvgIpc) is 2.68. The maximum absolute atomic E-state index is 11.9. The Morgan fingerprint density at radius 1 is 1.15 bits per heavy atom. The Morgan fingerprint density at radius 2 is 1.88 bits per heavy atom. The van der Waals surface area contributed by atoms with Crippen LogP contribution in [0.5, 0.6) is 5.75 Å². The van der Waals surface area contributed by atoms with Crippen LogP contribution in [-0.4, -0.2) is 23.3 Å². The number of rotatable bonds is 6. The topological polar surface area (TPSA) is 79.4 Å². The predicted molar refractivity (Wildman–Crippen MR) is 104 cm³/mol. The fourth-order valence-electron chi connectivity index (χ4n) is 2.43. The van der Waals surface area contributed by atoms with Crippen LogP contribution in [0.25, 0.3) is 11.3 Å². The van der Waals surface area contributed by atoms with Gasteiger partial charge in [0, 0.05) is 11.6 Å². The summed E-state index contributed by atoms with van der Waals surface area (Å²) < 4.78 is 5.14. The minimum absolute atomic E-state index is 0.254. The molecule has 2 N–H and O–H groups in total. The quantitative estimate of drug-likeness (QED) is 0.528. The average molecular weight is 348 g/mol. The summed E-state index contributed by atoms with van der Waals surface area (Å²) >= 11 is 0. The molecule has 0 unspecified atom stereocenters. The number of H-pyrrole nitrogens is 1. The molecule has 0 aliphatic heterocycles. The Balaban J connectivity index is 1.76. The zero-order chi connectivity index (χ0) is 18.4. The molecule has 132 valence electrons. The van der Waals surface area contributed by atoms with Gasteiger partial charge >= 0.3 is 0 Å². The van der Waals surface area contributed by atoms with Gasteiger partial charge in [-0.1, -0.05) is 31.2 Å². The maximum atomic E-state index is 11.9. The highest BCUT2D eigenvalue weighted by molar-refractivity contribution is 5.80. The lowest BCUT2D eigenvalue weighted by atomic mass is 10.1. The van der Waals surface area contributed by atoms with Crippen molar-refractivity contribution >= 4 is 12.2 Å². The lowest BCUT2D eigenvalue weighted by Crippen LogP contribution is -2.10. The molecule has 0 amide bonds. The van der Waals surface area contributed by atoms with Crippen LogP contribution >= 0.6 is 0 Å². The summed E-state index contributed by atoms with van der Waals surface area (Å²) in [7, 11) is 1.61. The van der Waals surface area contributed by atoms with Crippen molar-refractivity contribution in [1.82, 2.24) is 9.97 Å². The number of nitrogens with one attached hydrogen (secondary N) is 2. The number of aromatic amines is 1. The Kier molecular flexibility index (Phi) is 5.43. The molecule has 0 bridgehead atoms. The van der Waals surface area contributed by atoms with Crippen molar-refractivity contribution in [2.75, 3.05) is 12.5 Å². The van der Waals surface area contributed by atoms with Crippen molar-refractivity contribution < 1.29 is 4.74 Å². The smallest absolute Gasteiger partial charge is 0.252 e. The molecule has 6 nitrogen and oxygen atoms in total. The van der Waals surface area contributed by atoms with Gasteiger partial charge in [-0.2, -0.15) is 5.10 Å². The number of benzene rings is 2. The Labute approximate surface area is 151 Å². The molecule has 0 atom stereocenters. The molecule has 2 aromatic carbocycles. The van der Waals surface area contributed by atoms with Gasteiger partial charge in [-0.05, 0) is 41.8 Å². The number of hydrazone groups is 1. The number of aryl methyl sites for hydroxylation is 1. The Hall–Kier alpha value is -3.41. The van der Waals surface area contributed by atoms with Crippen molar-refractivity contribution in [3.05, 3.63) is 76.1 Å². The van der Waals surface area contributed by atoms with Crippen LogP contribution in [0.3, 0.4) is 0 Å². The third kappa shape index (κ3) is 4.36. The van der Waals surface area contributed by atoms with Crippen LogP contribution in [0.2, 0.25) is 0 Å². The first kappa shape index (κ1) is 17.4. The van der Waals surface area contributed by atoms with E-state index in [2.05, 4.69) is 39.6 Å². The van der Waals surface area contributed by atoms with Crippen LogP contribution in [0, 0.1) is 0 Å². The molecule has 0 fully saturated rings. The van der Waals surface area contributed by atoms with Gasteiger partial charge in [-0.3, -0.25) is 9.78 Å². The molecule has 3 aromatic rings. The van der Waals surface area contributed by atoms with Gasteiger partial charge < -0.3 is 4.74 Å². The highest BCUT2D eigenvalue weighted by Crippen LogP contribution is 2.20. The van der Waals surface area contributed by atoms with Gasteiger partial charge in [0.05, 0.1) is 19.0 Å². The molecule has 1 heterocycles. The largest absolute Gasteiger partial charge is 0.497 e. The van der Waals surface area contributed by atoms with Crippen molar-refractivity contribution in [2.24, 2.45) is 5.10 Å². The third-order valence-electron chi connectivity index (χ3n) is 3.90. The molecule has 0 saturated carbocycles. The van der Waals surface area contributed by atoms with E-state index in [1.54, 1.807) is 13.3 Å². The predicted octanol–water partition coefficient (Wildman–Crippen LogP) is 3.45. The molecule has 0 aliphatic rings. The van der Waals surface area contributed by atoms with E-state index in [4.69, 9.17) is 4.74 Å². The second-order valence-electron chi connectivity index (χ2n) is 5.67. The molecule has 0 radical (unpaired) electrons. The normalized spacial score (nSPS) is 10.8. The minimum atomic E-state index is -0.254. The van der Waals surface area contributed by atoms with E-state index in [1.165, 1.54) is 11.6 Å². The lowest BCUT2D eigenvalue weighted by molar-refractivity contribution is 0.415. The summed E-state index contributed by atoms with van der Waals surface area (Å²) in [6, 6.07) is 16.9. The van der Waals surface area contributed by atoms with E-state index in [0.717, 1.165) is 23.3 Å². The zero-order valence-corrected chi connectivity index (χ0v) is 14.7. The number of hydrogen-bond acceptors (Lipinski definition) is 5. The van der Waals surface area contributed by atoms with Crippen LogP contribution in [0.15, 0.2) is 64.5 Å². The number of methoxy groups -OCH3 is 1. The third-order valence-corrected chi connectivity index (χ3v) is 3.90. The molecule has 0 spiro atoms.